The van der Waals surface area contributed by atoms with E-state index < -0.39 is 12.1 Å². The molecule has 0 spiro atoms. The minimum atomic E-state index is -0.733. The number of rotatable bonds is 5. The second kappa shape index (κ2) is 7.68. The Morgan fingerprint density at radius 2 is 1.55 bits per heavy atom. The third-order valence-electron chi connectivity index (χ3n) is 2.62. The molecular formula is C16H15NO5. The topological polar surface area (TPSA) is 73.9 Å². The number of esters is 1. The Hall–Kier alpha value is -3.02. The molecule has 0 atom stereocenters. The number of hydrogen-bond donors (Lipinski definition) is 1. The highest BCUT2D eigenvalue weighted by atomic mass is 16.6. The zero-order valence-electron chi connectivity index (χ0n) is 11.9. The van der Waals surface area contributed by atoms with E-state index in [0.29, 0.717) is 11.5 Å². The van der Waals surface area contributed by atoms with E-state index in [9.17, 15) is 9.59 Å². The molecule has 0 saturated carbocycles. The van der Waals surface area contributed by atoms with Crippen LogP contribution in [0.4, 0.5) is 4.79 Å². The van der Waals surface area contributed by atoms with Gasteiger partial charge in [0.15, 0.2) is 11.5 Å². The van der Waals surface area contributed by atoms with Gasteiger partial charge in [0.05, 0.1) is 7.11 Å². The van der Waals surface area contributed by atoms with Crippen molar-refractivity contribution in [1.82, 2.24) is 5.32 Å². The van der Waals surface area contributed by atoms with E-state index in [2.05, 4.69) is 5.32 Å². The van der Waals surface area contributed by atoms with Crippen molar-refractivity contribution in [3.8, 4) is 17.2 Å². The molecule has 0 fully saturated rings. The summed E-state index contributed by atoms with van der Waals surface area (Å²) in [6.45, 7) is -0.316. The molecule has 2 aromatic rings. The number of para-hydroxylation sites is 3. The Bertz CT molecular complexity index is 642. The van der Waals surface area contributed by atoms with Crippen LogP contribution < -0.4 is 19.5 Å². The van der Waals surface area contributed by atoms with E-state index in [1.165, 1.54) is 7.11 Å². The summed E-state index contributed by atoms with van der Waals surface area (Å²) in [6, 6.07) is 15.3. The Morgan fingerprint density at radius 1 is 0.909 bits per heavy atom. The molecule has 0 aliphatic rings. The highest BCUT2D eigenvalue weighted by molar-refractivity contribution is 5.80. The lowest BCUT2D eigenvalue weighted by atomic mass is 10.3. The largest absolute Gasteiger partial charge is 0.493 e. The molecule has 0 aromatic heterocycles. The van der Waals surface area contributed by atoms with Crippen LogP contribution in [0.5, 0.6) is 17.2 Å². The molecule has 22 heavy (non-hydrogen) atoms. The molecule has 1 N–H and O–H groups in total. The Morgan fingerprint density at radius 3 is 2.23 bits per heavy atom. The first-order valence-electron chi connectivity index (χ1n) is 6.53. The molecule has 0 bridgehead atoms. The van der Waals surface area contributed by atoms with Gasteiger partial charge in [0, 0.05) is 0 Å². The van der Waals surface area contributed by atoms with Gasteiger partial charge in [-0.25, -0.2) is 9.59 Å². The molecule has 0 aliphatic carbocycles. The van der Waals surface area contributed by atoms with Gasteiger partial charge in [0.25, 0.3) is 0 Å². The van der Waals surface area contributed by atoms with Crippen LogP contribution in [0.3, 0.4) is 0 Å². The van der Waals surface area contributed by atoms with Gasteiger partial charge in [-0.2, -0.15) is 0 Å². The second-order valence-electron chi connectivity index (χ2n) is 4.18. The minimum absolute atomic E-state index is 0.285. The monoisotopic (exact) mass is 301 g/mol. The van der Waals surface area contributed by atoms with Crippen LogP contribution >= 0.6 is 0 Å². The van der Waals surface area contributed by atoms with Crippen LogP contribution in [0, 0.1) is 0 Å². The van der Waals surface area contributed by atoms with Gasteiger partial charge in [-0.3, -0.25) is 0 Å². The third kappa shape index (κ3) is 4.52. The number of amides is 1. The summed E-state index contributed by atoms with van der Waals surface area (Å²) < 4.78 is 15.1. The number of nitrogens with one attached hydrogen (secondary N) is 1. The van der Waals surface area contributed by atoms with Gasteiger partial charge < -0.3 is 19.5 Å². The van der Waals surface area contributed by atoms with E-state index in [1.54, 1.807) is 54.6 Å². The third-order valence-corrected chi connectivity index (χ3v) is 2.62. The SMILES string of the molecule is COc1ccccc1OC(=O)CNC(=O)Oc1ccccc1. The lowest BCUT2D eigenvalue weighted by Gasteiger charge is -2.09. The molecule has 0 saturated heterocycles. The van der Waals surface area contributed by atoms with Crippen LogP contribution in [0.15, 0.2) is 54.6 Å². The smallest absolute Gasteiger partial charge is 0.413 e. The molecule has 2 rings (SSSR count). The Kier molecular flexibility index (Phi) is 5.37. The summed E-state index contributed by atoms with van der Waals surface area (Å²) in [4.78, 5) is 23.2. The Labute approximate surface area is 127 Å². The van der Waals surface area contributed by atoms with Crippen LogP contribution in [-0.4, -0.2) is 25.7 Å². The van der Waals surface area contributed by atoms with E-state index in [1.807, 2.05) is 0 Å². The maximum Gasteiger partial charge on any atom is 0.413 e. The molecule has 0 unspecified atom stereocenters. The van der Waals surface area contributed by atoms with Crippen molar-refractivity contribution in [3.05, 3.63) is 54.6 Å². The fraction of sp³-hybridized carbons (Fsp3) is 0.125. The molecule has 6 heteroatoms. The van der Waals surface area contributed by atoms with Gasteiger partial charge in [-0.1, -0.05) is 30.3 Å². The summed E-state index contributed by atoms with van der Waals surface area (Å²) in [5.41, 5.74) is 0. The van der Waals surface area contributed by atoms with Gasteiger partial charge in [-0.15, -0.1) is 0 Å². The van der Waals surface area contributed by atoms with E-state index in [-0.39, 0.29) is 12.3 Å². The molecule has 0 aliphatic heterocycles. The molecule has 0 heterocycles. The van der Waals surface area contributed by atoms with Crippen molar-refractivity contribution in [2.24, 2.45) is 0 Å². The van der Waals surface area contributed by atoms with Gasteiger partial charge in [-0.05, 0) is 24.3 Å². The Balaban J connectivity index is 1.81. The average Bonchev–Trinajstić information content (AvgIpc) is 2.54. The van der Waals surface area contributed by atoms with Crippen molar-refractivity contribution in [2.45, 2.75) is 0 Å². The van der Waals surface area contributed by atoms with Crippen molar-refractivity contribution >= 4 is 12.1 Å². The number of methoxy groups -OCH3 is 1. The lowest BCUT2D eigenvalue weighted by molar-refractivity contribution is -0.133. The van der Waals surface area contributed by atoms with Crippen molar-refractivity contribution < 1.29 is 23.8 Å². The zero-order valence-corrected chi connectivity index (χ0v) is 11.9. The predicted molar refractivity (Wildman–Crippen MR) is 79.1 cm³/mol. The quantitative estimate of drug-likeness (QED) is 0.678. The molecular weight excluding hydrogens is 286 g/mol. The molecule has 1 amide bonds. The maximum atomic E-state index is 11.7. The van der Waals surface area contributed by atoms with E-state index in [0.717, 1.165) is 0 Å². The van der Waals surface area contributed by atoms with Crippen molar-refractivity contribution in [3.63, 3.8) is 0 Å². The fourth-order valence-electron chi connectivity index (χ4n) is 1.64. The summed E-state index contributed by atoms with van der Waals surface area (Å²) in [5.74, 6) is 0.476. The number of benzene rings is 2. The number of ether oxygens (including phenoxy) is 3. The van der Waals surface area contributed by atoms with E-state index >= 15 is 0 Å². The van der Waals surface area contributed by atoms with Gasteiger partial charge in [0.1, 0.15) is 12.3 Å². The number of hydrogen-bond acceptors (Lipinski definition) is 5. The standard InChI is InChI=1S/C16H15NO5/c1-20-13-9-5-6-10-14(13)22-15(18)11-17-16(19)21-12-7-3-2-4-8-12/h2-10H,11H2,1H3,(H,17,19). The summed E-state index contributed by atoms with van der Waals surface area (Å²) in [5, 5.41) is 2.31. The first-order valence-corrected chi connectivity index (χ1v) is 6.53. The van der Waals surface area contributed by atoms with E-state index in [4.69, 9.17) is 14.2 Å². The summed E-state index contributed by atoms with van der Waals surface area (Å²) in [6.07, 6.45) is -0.733. The van der Waals surface area contributed by atoms with Gasteiger partial charge in [0.2, 0.25) is 0 Å². The highest BCUT2D eigenvalue weighted by Crippen LogP contribution is 2.25. The van der Waals surface area contributed by atoms with Crippen molar-refractivity contribution in [2.75, 3.05) is 13.7 Å². The fourth-order valence-corrected chi connectivity index (χ4v) is 1.64. The maximum absolute atomic E-state index is 11.7. The van der Waals surface area contributed by atoms with Gasteiger partial charge >= 0.3 is 12.1 Å². The second-order valence-corrected chi connectivity index (χ2v) is 4.18. The summed E-state index contributed by atoms with van der Waals surface area (Å²) >= 11 is 0. The van der Waals surface area contributed by atoms with Crippen molar-refractivity contribution in [1.29, 1.82) is 0 Å². The normalized spacial score (nSPS) is 9.68. The lowest BCUT2D eigenvalue weighted by Crippen LogP contribution is -2.33. The average molecular weight is 301 g/mol. The zero-order chi connectivity index (χ0) is 15.8. The minimum Gasteiger partial charge on any atom is -0.493 e. The number of carbonyl (C=O) groups is 2. The van der Waals surface area contributed by atoms with Crippen LogP contribution in [0.1, 0.15) is 0 Å². The van der Waals surface area contributed by atoms with Crippen LogP contribution in [0.25, 0.3) is 0 Å². The molecule has 6 nitrogen and oxygen atoms in total. The first kappa shape index (κ1) is 15.4. The van der Waals surface area contributed by atoms with Crippen LogP contribution in [0.2, 0.25) is 0 Å². The molecule has 0 radical (unpaired) electrons. The summed E-state index contributed by atoms with van der Waals surface area (Å²) in [7, 11) is 1.47. The predicted octanol–water partition coefficient (Wildman–Crippen LogP) is 2.39. The highest BCUT2D eigenvalue weighted by Gasteiger charge is 2.11. The molecule has 114 valence electrons. The van der Waals surface area contributed by atoms with Crippen LogP contribution in [-0.2, 0) is 4.79 Å². The molecule has 2 aromatic carbocycles. The number of carbonyl (C=O) groups excluding carboxylic acids is 2. The first-order chi connectivity index (χ1) is 10.7.